The summed E-state index contributed by atoms with van der Waals surface area (Å²) in [6.07, 6.45) is 2.38. The molecule has 0 spiro atoms. The fourth-order valence-electron chi connectivity index (χ4n) is 3.16. The van der Waals surface area contributed by atoms with Crippen LogP contribution in [-0.4, -0.2) is 34.7 Å². The first-order chi connectivity index (χ1) is 11.1. The molecule has 1 N–H and O–H groups in total. The topological polar surface area (TPSA) is 56.1 Å². The monoisotopic (exact) mass is 315 g/mol. The van der Waals surface area contributed by atoms with Crippen LogP contribution in [0.25, 0.3) is 11.0 Å². The Morgan fingerprint density at radius 3 is 3.00 bits per heavy atom. The standard InChI is InChI=1S/C18H25N3O2/c1-12(2)17-20-14-11-13(6-7-15(14)21(17)3)8-9-19-18(22)16-5-4-10-23-16/h6-7,11-12,16H,4-5,8-10H2,1-3H3,(H,19,22). The number of hydrogen-bond acceptors (Lipinski definition) is 3. The third-order valence-electron chi connectivity index (χ3n) is 4.43. The van der Waals surface area contributed by atoms with E-state index in [1.807, 2.05) is 0 Å². The van der Waals surface area contributed by atoms with Crippen LogP contribution in [0.5, 0.6) is 0 Å². The molecule has 1 aliphatic heterocycles. The van der Waals surface area contributed by atoms with E-state index in [1.165, 1.54) is 5.56 Å². The first-order valence-electron chi connectivity index (χ1n) is 8.41. The molecule has 23 heavy (non-hydrogen) atoms. The van der Waals surface area contributed by atoms with Crippen LogP contribution in [0.3, 0.4) is 0 Å². The summed E-state index contributed by atoms with van der Waals surface area (Å²) in [5.74, 6) is 1.52. The molecule has 1 aromatic heterocycles. The molecule has 1 fully saturated rings. The first kappa shape index (κ1) is 16.0. The van der Waals surface area contributed by atoms with Crippen LogP contribution < -0.4 is 5.32 Å². The number of amides is 1. The van der Waals surface area contributed by atoms with Gasteiger partial charge in [0.25, 0.3) is 0 Å². The molecule has 5 nitrogen and oxygen atoms in total. The van der Waals surface area contributed by atoms with Crippen molar-refractivity contribution in [2.24, 2.45) is 7.05 Å². The van der Waals surface area contributed by atoms with Crippen LogP contribution in [0.15, 0.2) is 18.2 Å². The fraction of sp³-hybridized carbons (Fsp3) is 0.556. The molecule has 0 bridgehead atoms. The molecule has 2 heterocycles. The van der Waals surface area contributed by atoms with Gasteiger partial charge in [0.15, 0.2) is 0 Å². The van der Waals surface area contributed by atoms with Gasteiger partial charge in [-0.1, -0.05) is 19.9 Å². The van der Waals surface area contributed by atoms with Gasteiger partial charge in [0.1, 0.15) is 11.9 Å². The second-order valence-corrected chi connectivity index (χ2v) is 6.55. The van der Waals surface area contributed by atoms with Gasteiger partial charge < -0.3 is 14.6 Å². The molecule has 5 heteroatoms. The summed E-state index contributed by atoms with van der Waals surface area (Å²) in [6, 6.07) is 6.36. The van der Waals surface area contributed by atoms with Gasteiger partial charge in [-0.05, 0) is 37.0 Å². The zero-order valence-electron chi connectivity index (χ0n) is 14.1. The van der Waals surface area contributed by atoms with Gasteiger partial charge in [0.2, 0.25) is 5.91 Å². The number of aryl methyl sites for hydroxylation is 1. The van der Waals surface area contributed by atoms with Crippen molar-refractivity contribution in [3.8, 4) is 0 Å². The molecular weight excluding hydrogens is 290 g/mol. The Morgan fingerprint density at radius 1 is 1.48 bits per heavy atom. The predicted molar refractivity (Wildman–Crippen MR) is 90.5 cm³/mol. The van der Waals surface area contributed by atoms with Gasteiger partial charge in [-0.2, -0.15) is 0 Å². The normalized spacial score (nSPS) is 18.0. The van der Waals surface area contributed by atoms with Crippen LogP contribution in [-0.2, 0) is 23.0 Å². The molecule has 1 amide bonds. The zero-order valence-corrected chi connectivity index (χ0v) is 14.1. The number of nitrogens with zero attached hydrogens (tertiary/aromatic N) is 2. The Balaban J connectivity index is 1.63. The van der Waals surface area contributed by atoms with Gasteiger partial charge in [-0.25, -0.2) is 4.98 Å². The van der Waals surface area contributed by atoms with E-state index in [9.17, 15) is 4.79 Å². The third kappa shape index (κ3) is 3.39. The highest BCUT2D eigenvalue weighted by Crippen LogP contribution is 2.21. The minimum atomic E-state index is -0.248. The average molecular weight is 315 g/mol. The average Bonchev–Trinajstić information content (AvgIpc) is 3.15. The lowest BCUT2D eigenvalue weighted by Crippen LogP contribution is -2.35. The molecule has 124 valence electrons. The largest absolute Gasteiger partial charge is 0.368 e. The van der Waals surface area contributed by atoms with E-state index in [0.717, 1.165) is 36.1 Å². The van der Waals surface area contributed by atoms with E-state index < -0.39 is 0 Å². The van der Waals surface area contributed by atoms with Crippen LogP contribution >= 0.6 is 0 Å². The molecule has 0 radical (unpaired) electrons. The molecule has 1 aromatic carbocycles. The molecule has 0 saturated carbocycles. The van der Waals surface area contributed by atoms with Crippen molar-refractivity contribution in [2.45, 2.75) is 45.1 Å². The summed E-state index contributed by atoms with van der Waals surface area (Å²) in [5, 5.41) is 2.97. The van der Waals surface area contributed by atoms with Gasteiger partial charge in [0.05, 0.1) is 11.0 Å². The summed E-state index contributed by atoms with van der Waals surface area (Å²) < 4.78 is 7.54. The third-order valence-corrected chi connectivity index (χ3v) is 4.43. The number of benzene rings is 1. The van der Waals surface area contributed by atoms with Crippen LogP contribution in [0.1, 0.15) is 44.0 Å². The molecule has 2 aromatic rings. The highest BCUT2D eigenvalue weighted by atomic mass is 16.5. The molecule has 1 aliphatic rings. The Morgan fingerprint density at radius 2 is 2.30 bits per heavy atom. The Bertz CT molecular complexity index is 700. The van der Waals surface area contributed by atoms with Crippen molar-refractivity contribution in [1.29, 1.82) is 0 Å². The minimum Gasteiger partial charge on any atom is -0.368 e. The second kappa shape index (κ2) is 6.71. The first-order valence-corrected chi connectivity index (χ1v) is 8.41. The zero-order chi connectivity index (χ0) is 16.4. The van der Waals surface area contributed by atoms with Crippen molar-refractivity contribution in [3.05, 3.63) is 29.6 Å². The number of aromatic nitrogens is 2. The summed E-state index contributed by atoms with van der Waals surface area (Å²) >= 11 is 0. The summed E-state index contributed by atoms with van der Waals surface area (Å²) in [4.78, 5) is 16.7. The van der Waals surface area contributed by atoms with E-state index in [4.69, 9.17) is 9.72 Å². The van der Waals surface area contributed by atoms with Crippen LogP contribution in [0.2, 0.25) is 0 Å². The van der Waals surface area contributed by atoms with Crippen LogP contribution in [0, 0.1) is 0 Å². The fourth-order valence-corrected chi connectivity index (χ4v) is 3.16. The Labute approximate surface area is 137 Å². The molecule has 0 aliphatic carbocycles. The van der Waals surface area contributed by atoms with E-state index in [-0.39, 0.29) is 12.0 Å². The number of carbonyl (C=O) groups is 1. The van der Waals surface area contributed by atoms with Crippen molar-refractivity contribution < 1.29 is 9.53 Å². The van der Waals surface area contributed by atoms with Crippen molar-refractivity contribution in [2.75, 3.05) is 13.2 Å². The maximum atomic E-state index is 11.9. The van der Waals surface area contributed by atoms with Gasteiger partial charge in [-0.15, -0.1) is 0 Å². The van der Waals surface area contributed by atoms with E-state index in [1.54, 1.807) is 0 Å². The van der Waals surface area contributed by atoms with Crippen LogP contribution in [0.4, 0.5) is 0 Å². The van der Waals surface area contributed by atoms with E-state index in [0.29, 0.717) is 19.1 Å². The smallest absolute Gasteiger partial charge is 0.249 e. The number of rotatable bonds is 5. The molecule has 3 rings (SSSR count). The minimum absolute atomic E-state index is 0.0171. The van der Waals surface area contributed by atoms with Crippen molar-refractivity contribution in [1.82, 2.24) is 14.9 Å². The molecule has 1 unspecified atom stereocenters. The highest BCUT2D eigenvalue weighted by molar-refractivity contribution is 5.81. The number of carbonyl (C=O) groups excluding carboxylic acids is 1. The number of hydrogen-bond donors (Lipinski definition) is 1. The summed E-state index contributed by atoms with van der Waals surface area (Å²) in [5.41, 5.74) is 3.37. The lowest BCUT2D eigenvalue weighted by Gasteiger charge is -2.10. The SMILES string of the molecule is CC(C)c1nc2cc(CCNC(=O)C3CCCO3)ccc2n1C. The number of imidazole rings is 1. The molecular formula is C18H25N3O2. The van der Waals surface area contributed by atoms with Gasteiger partial charge in [0, 0.05) is 26.1 Å². The predicted octanol–water partition coefficient (Wildman–Crippen LogP) is 2.53. The lowest BCUT2D eigenvalue weighted by atomic mass is 10.1. The number of nitrogens with one attached hydrogen (secondary N) is 1. The molecule has 1 atom stereocenters. The quantitative estimate of drug-likeness (QED) is 0.922. The maximum Gasteiger partial charge on any atom is 0.249 e. The lowest BCUT2D eigenvalue weighted by molar-refractivity contribution is -0.129. The maximum absolute atomic E-state index is 11.9. The number of ether oxygens (including phenoxy) is 1. The van der Waals surface area contributed by atoms with Gasteiger partial charge in [-0.3, -0.25) is 4.79 Å². The second-order valence-electron chi connectivity index (χ2n) is 6.55. The Hall–Kier alpha value is -1.88. The van der Waals surface area contributed by atoms with E-state index >= 15 is 0 Å². The molecule has 1 saturated heterocycles. The number of fused-ring (bicyclic) bond motifs is 1. The van der Waals surface area contributed by atoms with E-state index in [2.05, 4.69) is 49.0 Å². The summed E-state index contributed by atoms with van der Waals surface area (Å²) in [7, 11) is 2.06. The Kier molecular flexibility index (Phi) is 4.66. The van der Waals surface area contributed by atoms with Gasteiger partial charge >= 0.3 is 0 Å². The summed E-state index contributed by atoms with van der Waals surface area (Å²) in [6.45, 7) is 5.65. The van der Waals surface area contributed by atoms with Crippen molar-refractivity contribution in [3.63, 3.8) is 0 Å². The van der Waals surface area contributed by atoms with Crippen molar-refractivity contribution >= 4 is 16.9 Å². The highest BCUT2D eigenvalue weighted by Gasteiger charge is 2.22.